The van der Waals surface area contributed by atoms with Crippen LogP contribution in [0.5, 0.6) is 0 Å². The fourth-order valence-electron chi connectivity index (χ4n) is 1.81. The molecule has 1 N–H and O–H groups in total. The standard InChI is InChI=1S/C12H5N5O4/c13-4-8-10(5-14)16(6-15-8)11-7(12(18)19)2-1-3-9(11)17(20)21/h1-3,6H,(H,18,19). The van der Waals surface area contributed by atoms with Gasteiger partial charge >= 0.3 is 5.97 Å². The van der Waals surface area contributed by atoms with Crippen molar-refractivity contribution in [2.45, 2.75) is 0 Å². The molecule has 9 heteroatoms. The van der Waals surface area contributed by atoms with E-state index in [1.807, 2.05) is 0 Å². The minimum atomic E-state index is -1.40. The first-order valence-corrected chi connectivity index (χ1v) is 5.39. The second-order valence-electron chi connectivity index (χ2n) is 3.77. The minimum Gasteiger partial charge on any atom is -0.478 e. The predicted molar refractivity (Wildman–Crippen MR) is 66.6 cm³/mol. The Balaban J connectivity index is 2.89. The van der Waals surface area contributed by atoms with Gasteiger partial charge in [-0.05, 0) is 6.07 Å². The number of benzene rings is 1. The predicted octanol–water partition coefficient (Wildman–Crippen LogP) is 1.22. The third-order valence-corrected chi connectivity index (χ3v) is 2.66. The van der Waals surface area contributed by atoms with Crippen molar-refractivity contribution >= 4 is 11.7 Å². The largest absolute Gasteiger partial charge is 0.478 e. The van der Waals surface area contributed by atoms with Gasteiger partial charge in [-0.15, -0.1) is 0 Å². The number of carboxylic acid groups (broad SMARTS) is 1. The molecule has 0 radical (unpaired) electrons. The zero-order valence-corrected chi connectivity index (χ0v) is 10.2. The van der Waals surface area contributed by atoms with Crippen LogP contribution in [-0.2, 0) is 0 Å². The molecule has 1 aromatic carbocycles. The monoisotopic (exact) mass is 283 g/mol. The van der Waals surface area contributed by atoms with Crippen LogP contribution in [0.25, 0.3) is 5.69 Å². The number of aromatic nitrogens is 2. The summed E-state index contributed by atoms with van der Waals surface area (Å²) in [5.74, 6) is -1.40. The van der Waals surface area contributed by atoms with E-state index in [2.05, 4.69) is 4.98 Å². The number of nitriles is 2. The Morgan fingerprint density at radius 1 is 1.38 bits per heavy atom. The van der Waals surface area contributed by atoms with Crippen molar-refractivity contribution < 1.29 is 14.8 Å². The Labute approximate surface area is 117 Å². The van der Waals surface area contributed by atoms with Gasteiger partial charge in [0, 0.05) is 6.07 Å². The van der Waals surface area contributed by atoms with E-state index in [9.17, 15) is 14.9 Å². The zero-order valence-electron chi connectivity index (χ0n) is 10.2. The van der Waals surface area contributed by atoms with Gasteiger partial charge in [-0.25, -0.2) is 9.78 Å². The van der Waals surface area contributed by atoms with Crippen molar-refractivity contribution in [2.24, 2.45) is 0 Å². The summed E-state index contributed by atoms with van der Waals surface area (Å²) in [6.45, 7) is 0. The first-order chi connectivity index (χ1) is 10.0. The molecule has 0 saturated carbocycles. The fourth-order valence-corrected chi connectivity index (χ4v) is 1.81. The van der Waals surface area contributed by atoms with Crippen LogP contribution in [-0.4, -0.2) is 25.6 Å². The number of carboxylic acids is 1. The van der Waals surface area contributed by atoms with E-state index >= 15 is 0 Å². The average molecular weight is 283 g/mol. The molecule has 0 spiro atoms. The SMILES string of the molecule is N#Cc1ncn(-c2c(C(=O)O)cccc2[N+](=O)[O-])c1C#N. The Kier molecular flexibility index (Phi) is 3.33. The lowest BCUT2D eigenvalue weighted by atomic mass is 10.1. The molecule has 0 fully saturated rings. The summed E-state index contributed by atoms with van der Waals surface area (Å²) in [7, 11) is 0. The average Bonchev–Trinajstić information content (AvgIpc) is 2.88. The van der Waals surface area contributed by atoms with Crippen molar-refractivity contribution in [3.63, 3.8) is 0 Å². The molecule has 21 heavy (non-hydrogen) atoms. The van der Waals surface area contributed by atoms with Crippen molar-refractivity contribution in [1.29, 1.82) is 10.5 Å². The zero-order chi connectivity index (χ0) is 15.6. The van der Waals surface area contributed by atoms with E-state index < -0.39 is 16.6 Å². The number of rotatable bonds is 3. The maximum absolute atomic E-state index is 11.2. The highest BCUT2D eigenvalue weighted by Gasteiger charge is 2.26. The first-order valence-electron chi connectivity index (χ1n) is 5.39. The number of hydrogen-bond acceptors (Lipinski definition) is 6. The van der Waals surface area contributed by atoms with Crippen molar-refractivity contribution in [3.8, 4) is 17.8 Å². The van der Waals surface area contributed by atoms with Gasteiger partial charge in [0.2, 0.25) is 0 Å². The molecule has 2 rings (SSSR count). The lowest BCUT2D eigenvalue weighted by Crippen LogP contribution is -2.09. The molecule has 0 atom stereocenters. The van der Waals surface area contributed by atoms with E-state index in [0.29, 0.717) is 0 Å². The van der Waals surface area contributed by atoms with Crippen LogP contribution in [0.1, 0.15) is 21.7 Å². The molecule has 0 unspecified atom stereocenters. The normalized spacial score (nSPS) is 9.62. The molecule has 1 aromatic heterocycles. The molecule has 0 aliphatic carbocycles. The Bertz CT molecular complexity index is 808. The summed E-state index contributed by atoms with van der Waals surface area (Å²) in [6, 6.07) is 6.84. The van der Waals surface area contributed by atoms with Gasteiger partial charge in [0.25, 0.3) is 5.69 Å². The number of nitro benzene ring substituents is 1. The van der Waals surface area contributed by atoms with E-state index in [0.717, 1.165) is 23.0 Å². The Morgan fingerprint density at radius 3 is 2.62 bits per heavy atom. The van der Waals surface area contributed by atoms with E-state index in [1.165, 1.54) is 6.07 Å². The second-order valence-corrected chi connectivity index (χ2v) is 3.77. The number of nitro groups is 1. The number of para-hydroxylation sites is 1. The second kappa shape index (κ2) is 5.11. The van der Waals surface area contributed by atoms with Gasteiger partial charge in [-0.1, -0.05) is 6.07 Å². The van der Waals surface area contributed by atoms with Gasteiger partial charge < -0.3 is 5.11 Å². The lowest BCUT2D eigenvalue weighted by molar-refractivity contribution is -0.384. The molecule has 2 aromatic rings. The smallest absolute Gasteiger partial charge is 0.338 e. The van der Waals surface area contributed by atoms with Gasteiger partial charge in [0.15, 0.2) is 11.4 Å². The molecule has 102 valence electrons. The molecule has 0 amide bonds. The molecular formula is C12H5N5O4. The van der Waals surface area contributed by atoms with Crippen LogP contribution in [0.15, 0.2) is 24.5 Å². The molecular weight excluding hydrogens is 278 g/mol. The van der Waals surface area contributed by atoms with Crippen molar-refractivity contribution in [1.82, 2.24) is 9.55 Å². The number of hydrogen-bond donors (Lipinski definition) is 1. The third kappa shape index (κ3) is 2.15. The number of imidazole rings is 1. The van der Waals surface area contributed by atoms with E-state index in [4.69, 9.17) is 15.6 Å². The summed E-state index contributed by atoms with van der Waals surface area (Å²) in [5, 5.41) is 38.1. The Morgan fingerprint density at radius 2 is 2.10 bits per heavy atom. The molecule has 0 aliphatic heterocycles. The van der Waals surface area contributed by atoms with Crippen molar-refractivity contribution in [2.75, 3.05) is 0 Å². The highest BCUT2D eigenvalue weighted by atomic mass is 16.6. The molecule has 0 bridgehead atoms. The van der Waals surface area contributed by atoms with Crippen LogP contribution in [0.4, 0.5) is 5.69 Å². The molecule has 0 saturated heterocycles. The Hall–Kier alpha value is -3.72. The summed E-state index contributed by atoms with van der Waals surface area (Å²) in [4.78, 5) is 25.2. The summed E-state index contributed by atoms with van der Waals surface area (Å²) in [5.41, 5.74) is -1.71. The van der Waals surface area contributed by atoms with E-state index in [1.54, 1.807) is 12.1 Å². The highest BCUT2D eigenvalue weighted by Crippen LogP contribution is 2.28. The fraction of sp³-hybridized carbons (Fsp3) is 0. The van der Waals surface area contributed by atoms with Crippen LogP contribution in [0.3, 0.4) is 0 Å². The third-order valence-electron chi connectivity index (χ3n) is 2.66. The molecule has 0 aliphatic rings. The topological polar surface area (TPSA) is 146 Å². The van der Waals surface area contributed by atoms with Crippen LogP contribution in [0.2, 0.25) is 0 Å². The number of aromatic carboxylic acids is 1. The summed E-state index contributed by atoms with van der Waals surface area (Å²) < 4.78 is 0.931. The van der Waals surface area contributed by atoms with Crippen LogP contribution >= 0.6 is 0 Å². The lowest BCUT2D eigenvalue weighted by Gasteiger charge is -2.08. The quantitative estimate of drug-likeness (QED) is 0.657. The van der Waals surface area contributed by atoms with E-state index in [-0.39, 0.29) is 22.6 Å². The minimum absolute atomic E-state index is 0.244. The maximum Gasteiger partial charge on any atom is 0.338 e. The van der Waals surface area contributed by atoms with Gasteiger partial charge in [0.1, 0.15) is 24.2 Å². The number of carbonyl (C=O) groups is 1. The number of nitrogens with zero attached hydrogens (tertiary/aromatic N) is 5. The maximum atomic E-state index is 11.2. The summed E-state index contributed by atoms with van der Waals surface area (Å²) >= 11 is 0. The van der Waals surface area contributed by atoms with Crippen molar-refractivity contribution in [3.05, 3.63) is 51.6 Å². The first kappa shape index (κ1) is 13.7. The highest BCUT2D eigenvalue weighted by molar-refractivity contribution is 5.94. The van der Waals surface area contributed by atoms with Gasteiger partial charge in [-0.3, -0.25) is 14.7 Å². The van der Waals surface area contributed by atoms with Crippen LogP contribution < -0.4 is 0 Å². The van der Waals surface area contributed by atoms with Gasteiger partial charge in [-0.2, -0.15) is 10.5 Å². The van der Waals surface area contributed by atoms with Crippen LogP contribution in [0, 0.1) is 32.8 Å². The van der Waals surface area contributed by atoms with Gasteiger partial charge in [0.05, 0.1) is 10.5 Å². The molecule has 9 nitrogen and oxygen atoms in total. The molecule has 1 heterocycles. The summed E-state index contributed by atoms with van der Waals surface area (Å²) in [6.07, 6.45) is 1.01.